The number of aromatic nitrogens is 2. The summed E-state index contributed by atoms with van der Waals surface area (Å²) in [5, 5.41) is 10.8. The maximum atomic E-state index is 5.93. The van der Waals surface area contributed by atoms with Gasteiger partial charge in [0.25, 0.3) is 0 Å². The third-order valence-corrected chi connectivity index (χ3v) is 5.03. The van der Waals surface area contributed by atoms with E-state index in [4.69, 9.17) is 8.83 Å². The van der Waals surface area contributed by atoms with Crippen LogP contribution in [0.3, 0.4) is 0 Å². The van der Waals surface area contributed by atoms with Crippen molar-refractivity contribution in [3.8, 4) is 11.5 Å². The molecule has 2 N–H and O–H groups in total. The molecule has 0 saturated carbocycles. The van der Waals surface area contributed by atoms with E-state index in [2.05, 4.69) is 26.5 Å². The number of aromatic amines is 1. The minimum absolute atomic E-state index is 0.271. The van der Waals surface area contributed by atoms with Crippen LogP contribution < -0.4 is 5.32 Å². The summed E-state index contributed by atoms with van der Waals surface area (Å²) in [6.07, 6.45) is 4.39. The molecule has 1 fully saturated rings. The Morgan fingerprint density at radius 2 is 1.88 bits per heavy atom. The molecule has 26 heavy (non-hydrogen) atoms. The standard InChI is InChI=1S/C20H26N4O2/c1-14-5-7-18(25-14)17(24-9-3-4-10-24)13-21-11-16-12-22-23-20(16)19-8-6-15(2)26-19/h5-8,12,17,21H,3-4,9-11,13H2,1-2H3,(H,22,23). The SMILES string of the molecule is Cc1ccc(-c2[nH]ncc2CNCC(c2ccc(C)o2)N2CCCC2)o1. The molecule has 1 saturated heterocycles. The van der Waals surface area contributed by atoms with E-state index in [1.165, 1.54) is 12.8 Å². The van der Waals surface area contributed by atoms with E-state index < -0.39 is 0 Å². The van der Waals surface area contributed by atoms with Crippen LogP contribution in [-0.2, 0) is 6.54 Å². The van der Waals surface area contributed by atoms with Crippen molar-refractivity contribution in [2.24, 2.45) is 0 Å². The fraction of sp³-hybridized carbons (Fsp3) is 0.450. The quantitative estimate of drug-likeness (QED) is 0.675. The Morgan fingerprint density at radius 3 is 2.58 bits per heavy atom. The zero-order valence-corrected chi connectivity index (χ0v) is 15.4. The minimum Gasteiger partial charge on any atom is -0.465 e. The highest BCUT2D eigenvalue weighted by Gasteiger charge is 2.25. The normalized spacial score (nSPS) is 16.4. The van der Waals surface area contributed by atoms with Crippen molar-refractivity contribution in [2.75, 3.05) is 19.6 Å². The van der Waals surface area contributed by atoms with Gasteiger partial charge in [-0.15, -0.1) is 0 Å². The fourth-order valence-corrected chi connectivity index (χ4v) is 3.67. The van der Waals surface area contributed by atoms with Crippen molar-refractivity contribution in [1.29, 1.82) is 0 Å². The van der Waals surface area contributed by atoms with Gasteiger partial charge in [-0.05, 0) is 64.0 Å². The molecule has 6 heteroatoms. The topological polar surface area (TPSA) is 70.2 Å². The van der Waals surface area contributed by atoms with Crippen molar-refractivity contribution >= 4 is 0 Å². The van der Waals surface area contributed by atoms with Gasteiger partial charge in [0, 0.05) is 18.7 Å². The third-order valence-electron chi connectivity index (χ3n) is 5.03. The average molecular weight is 354 g/mol. The van der Waals surface area contributed by atoms with Gasteiger partial charge in [-0.1, -0.05) is 0 Å². The molecule has 3 aromatic rings. The first-order chi connectivity index (χ1) is 12.7. The van der Waals surface area contributed by atoms with Crippen LogP contribution >= 0.6 is 0 Å². The molecule has 0 radical (unpaired) electrons. The van der Waals surface area contributed by atoms with E-state index in [0.29, 0.717) is 0 Å². The number of hydrogen-bond donors (Lipinski definition) is 2. The largest absolute Gasteiger partial charge is 0.465 e. The van der Waals surface area contributed by atoms with Gasteiger partial charge in [0.2, 0.25) is 0 Å². The molecule has 138 valence electrons. The summed E-state index contributed by atoms with van der Waals surface area (Å²) in [5.74, 6) is 3.74. The van der Waals surface area contributed by atoms with Gasteiger partial charge in [-0.2, -0.15) is 5.10 Å². The summed E-state index contributed by atoms with van der Waals surface area (Å²) in [7, 11) is 0. The Balaban J connectivity index is 1.43. The number of furan rings is 2. The predicted molar refractivity (Wildman–Crippen MR) is 99.7 cm³/mol. The van der Waals surface area contributed by atoms with Crippen LogP contribution in [0.1, 0.15) is 41.7 Å². The number of likely N-dealkylation sites (tertiary alicyclic amines) is 1. The smallest absolute Gasteiger partial charge is 0.152 e. The van der Waals surface area contributed by atoms with Crippen LogP contribution in [0.5, 0.6) is 0 Å². The molecule has 1 unspecified atom stereocenters. The van der Waals surface area contributed by atoms with Crippen LogP contribution in [0, 0.1) is 13.8 Å². The second-order valence-corrected chi connectivity index (χ2v) is 7.02. The maximum absolute atomic E-state index is 5.93. The highest BCUT2D eigenvalue weighted by molar-refractivity contribution is 5.56. The number of nitrogens with one attached hydrogen (secondary N) is 2. The molecular weight excluding hydrogens is 328 g/mol. The molecule has 1 aliphatic heterocycles. The number of rotatable bonds is 7. The summed E-state index contributed by atoms with van der Waals surface area (Å²) < 4.78 is 11.7. The van der Waals surface area contributed by atoms with Gasteiger partial charge in [-0.25, -0.2) is 0 Å². The molecule has 6 nitrogen and oxygen atoms in total. The summed E-state index contributed by atoms with van der Waals surface area (Å²) in [6.45, 7) is 7.79. The Morgan fingerprint density at radius 1 is 1.12 bits per heavy atom. The van der Waals surface area contributed by atoms with E-state index >= 15 is 0 Å². The zero-order valence-electron chi connectivity index (χ0n) is 15.4. The van der Waals surface area contributed by atoms with Gasteiger partial charge < -0.3 is 14.2 Å². The monoisotopic (exact) mass is 354 g/mol. The molecule has 3 aromatic heterocycles. The van der Waals surface area contributed by atoms with Crippen molar-refractivity contribution in [3.05, 3.63) is 53.3 Å². The summed E-state index contributed by atoms with van der Waals surface area (Å²) >= 11 is 0. The predicted octanol–water partition coefficient (Wildman–Crippen LogP) is 3.81. The van der Waals surface area contributed by atoms with Crippen molar-refractivity contribution < 1.29 is 8.83 Å². The average Bonchev–Trinajstić information content (AvgIpc) is 3.40. The van der Waals surface area contributed by atoms with Crippen molar-refractivity contribution in [2.45, 2.75) is 39.3 Å². The highest BCUT2D eigenvalue weighted by atomic mass is 16.3. The zero-order chi connectivity index (χ0) is 17.9. The van der Waals surface area contributed by atoms with Crippen molar-refractivity contribution in [1.82, 2.24) is 20.4 Å². The van der Waals surface area contributed by atoms with Gasteiger partial charge in [0.1, 0.15) is 23.0 Å². The van der Waals surface area contributed by atoms with E-state index in [1.54, 1.807) is 0 Å². The number of aryl methyl sites for hydroxylation is 2. The lowest BCUT2D eigenvalue weighted by Crippen LogP contribution is -2.33. The summed E-state index contributed by atoms with van der Waals surface area (Å²) in [4.78, 5) is 2.51. The maximum Gasteiger partial charge on any atom is 0.152 e. The number of H-pyrrole nitrogens is 1. The number of nitrogens with zero attached hydrogens (tertiary/aromatic N) is 2. The van der Waals surface area contributed by atoms with E-state index in [1.807, 2.05) is 38.2 Å². The summed E-state index contributed by atoms with van der Waals surface area (Å²) in [5.41, 5.74) is 2.05. The van der Waals surface area contributed by atoms with Gasteiger partial charge >= 0.3 is 0 Å². The molecule has 0 bridgehead atoms. The molecule has 1 aliphatic rings. The molecule has 1 atom stereocenters. The second kappa shape index (κ2) is 7.51. The van der Waals surface area contributed by atoms with Gasteiger partial charge in [0.15, 0.2) is 5.76 Å². The Kier molecular flexibility index (Phi) is 4.95. The molecule has 4 rings (SSSR count). The molecular formula is C20H26N4O2. The Labute approximate surface area is 153 Å². The Bertz CT molecular complexity index is 841. The second-order valence-electron chi connectivity index (χ2n) is 7.02. The van der Waals surface area contributed by atoms with Crippen LogP contribution in [-0.4, -0.2) is 34.7 Å². The lowest BCUT2D eigenvalue weighted by molar-refractivity contribution is 0.207. The molecule has 0 aromatic carbocycles. The first kappa shape index (κ1) is 17.1. The van der Waals surface area contributed by atoms with Gasteiger partial charge in [-0.3, -0.25) is 10.00 Å². The van der Waals surface area contributed by atoms with E-state index in [9.17, 15) is 0 Å². The van der Waals surface area contributed by atoms with Crippen molar-refractivity contribution in [3.63, 3.8) is 0 Å². The van der Waals surface area contributed by atoms with Crippen LogP contribution in [0.15, 0.2) is 39.3 Å². The van der Waals surface area contributed by atoms with Crippen LogP contribution in [0.4, 0.5) is 0 Å². The highest BCUT2D eigenvalue weighted by Crippen LogP contribution is 2.27. The molecule has 0 aliphatic carbocycles. The minimum atomic E-state index is 0.271. The lowest BCUT2D eigenvalue weighted by atomic mass is 10.1. The van der Waals surface area contributed by atoms with Gasteiger partial charge in [0.05, 0.1) is 12.2 Å². The van der Waals surface area contributed by atoms with E-state index in [-0.39, 0.29) is 6.04 Å². The van der Waals surface area contributed by atoms with Crippen LogP contribution in [0.25, 0.3) is 11.5 Å². The first-order valence-corrected chi connectivity index (χ1v) is 9.31. The molecule has 0 amide bonds. The molecule has 0 spiro atoms. The first-order valence-electron chi connectivity index (χ1n) is 9.31. The fourth-order valence-electron chi connectivity index (χ4n) is 3.67. The van der Waals surface area contributed by atoms with Crippen LogP contribution in [0.2, 0.25) is 0 Å². The number of hydrogen-bond acceptors (Lipinski definition) is 5. The molecule has 4 heterocycles. The Hall–Kier alpha value is -2.31. The lowest BCUT2D eigenvalue weighted by Gasteiger charge is -2.26. The van der Waals surface area contributed by atoms with E-state index in [0.717, 1.165) is 60.5 Å². The third kappa shape index (κ3) is 3.61. The summed E-state index contributed by atoms with van der Waals surface area (Å²) in [6, 6.07) is 8.37.